The molecule has 5 heteroatoms. The smallest absolute Gasteiger partial charge is 0.225 e. The lowest BCUT2D eigenvalue weighted by Gasteiger charge is -2.17. The molecule has 1 atom stereocenters. The van der Waals surface area contributed by atoms with Crippen LogP contribution in [0.5, 0.6) is 5.75 Å². The Morgan fingerprint density at radius 1 is 1.15 bits per heavy atom. The number of aromatic nitrogens is 2. The highest BCUT2D eigenvalue weighted by Crippen LogP contribution is 2.20. The maximum Gasteiger partial charge on any atom is 0.225 e. The van der Waals surface area contributed by atoms with Crippen molar-refractivity contribution >= 4 is 5.91 Å². The summed E-state index contributed by atoms with van der Waals surface area (Å²) in [5.74, 6) is 0.795. The molecule has 0 aliphatic heterocycles. The summed E-state index contributed by atoms with van der Waals surface area (Å²) in [4.78, 5) is 12.5. The van der Waals surface area contributed by atoms with Crippen molar-refractivity contribution in [3.63, 3.8) is 0 Å². The Bertz CT molecular complexity index is 841. The molecule has 3 rings (SSSR count). The fraction of sp³-hybridized carbons (Fsp3) is 0.238. The summed E-state index contributed by atoms with van der Waals surface area (Å²) >= 11 is 0. The Morgan fingerprint density at radius 2 is 1.88 bits per heavy atom. The molecule has 0 radical (unpaired) electrons. The van der Waals surface area contributed by atoms with Gasteiger partial charge in [-0.25, -0.2) is 4.68 Å². The van der Waals surface area contributed by atoms with E-state index in [1.54, 1.807) is 18.0 Å². The Kier molecular flexibility index (Phi) is 5.69. The first-order valence-electron chi connectivity index (χ1n) is 8.72. The number of hydrogen-bond donors (Lipinski definition) is 1. The minimum Gasteiger partial charge on any atom is -0.497 e. The number of benzene rings is 2. The predicted octanol–water partition coefficient (Wildman–Crippen LogP) is 3.69. The van der Waals surface area contributed by atoms with Crippen LogP contribution in [-0.2, 0) is 11.2 Å². The number of hydrogen-bond acceptors (Lipinski definition) is 3. The number of ether oxygens (including phenoxy) is 1. The first-order chi connectivity index (χ1) is 12.7. The topological polar surface area (TPSA) is 56.2 Å². The van der Waals surface area contributed by atoms with E-state index < -0.39 is 0 Å². The van der Waals surface area contributed by atoms with Crippen molar-refractivity contribution in [1.82, 2.24) is 15.1 Å². The maximum atomic E-state index is 12.5. The van der Waals surface area contributed by atoms with Gasteiger partial charge in [-0.3, -0.25) is 4.79 Å². The van der Waals surface area contributed by atoms with Crippen molar-refractivity contribution in [1.29, 1.82) is 0 Å². The van der Waals surface area contributed by atoms with E-state index in [-0.39, 0.29) is 11.9 Å². The summed E-state index contributed by atoms with van der Waals surface area (Å²) in [7, 11) is 1.64. The van der Waals surface area contributed by atoms with E-state index >= 15 is 0 Å². The van der Waals surface area contributed by atoms with E-state index in [0.29, 0.717) is 6.42 Å². The fourth-order valence-electron chi connectivity index (χ4n) is 2.86. The summed E-state index contributed by atoms with van der Waals surface area (Å²) in [6.45, 7) is 2.06. The maximum absolute atomic E-state index is 12.5. The molecule has 0 saturated carbocycles. The van der Waals surface area contributed by atoms with Gasteiger partial charge >= 0.3 is 0 Å². The second-order valence-corrected chi connectivity index (χ2v) is 6.11. The van der Waals surface area contributed by atoms with Crippen molar-refractivity contribution in [3.05, 3.63) is 78.1 Å². The summed E-state index contributed by atoms with van der Waals surface area (Å²) in [5, 5.41) is 7.44. The lowest BCUT2D eigenvalue weighted by Crippen LogP contribution is -2.29. The molecule has 26 heavy (non-hydrogen) atoms. The largest absolute Gasteiger partial charge is 0.497 e. The molecule has 5 nitrogen and oxygen atoms in total. The number of para-hydroxylation sites is 1. The third kappa shape index (κ3) is 4.30. The van der Waals surface area contributed by atoms with Crippen LogP contribution in [0.25, 0.3) is 5.69 Å². The number of carbonyl (C=O) groups excluding carboxylic acids is 1. The van der Waals surface area contributed by atoms with Gasteiger partial charge in [0.15, 0.2) is 0 Å². The summed E-state index contributed by atoms with van der Waals surface area (Å²) in [5.41, 5.74) is 2.93. The van der Waals surface area contributed by atoms with E-state index in [1.807, 2.05) is 60.8 Å². The van der Waals surface area contributed by atoms with Crippen LogP contribution in [0.2, 0.25) is 0 Å². The molecule has 0 saturated heterocycles. The van der Waals surface area contributed by atoms with Crippen LogP contribution in [0, 0.1) is 0 Å². The van der Waals surface area contributed by atoms with Crippen LogP contribution in [0.1, 0.15) is 30.5 Å². The van der Waals surface area contributed by atoms with E-state index in [2.05, 4.69) is 17.3 Å². The number of amides is 1. The summed E-state index contributed by atoms with van der Waals surface area (Å²) < 4.78 is 6.97. The highest BCUT2D eigenvalue weighted by atomic mass is 16.5. The normalized spacial score (nSPS) is 11.8. The number of nitrogens with one attached hydrogen (secondary N) is 1. The van der Waals surface area contributed by atoms with E-state index in [0.717, 1.165) is 29.0 Å². The van der Waals surface area contributed by atoms with Gasteiger partial charge in [-0.15, -0.1) is 0 Å². The summed E-state index contributed by atoms with van der Waals surface area (Å²) in [6, 6.07) is 17.6. The molecule has 0 fully saturated rings. The number of rotatable bonds is 7. The number of nitrogens with zero attached hydrogens (tertiary/aromatic N) is 2. The molecule has 1 N–H and O–H groups in total. The van der Waals surface area contributed by atoms with Gasteiger partial charge in [-0.05, 0) is 41.8 Å². The zero-order valence-corrected chi connectivity index (χ0v) is 15.1. The number of carbonyl (C=O) groups is 1. The van der Waals surface area contributed by atoms with Gasteiger partial charge in [0.05, 0.1) is 31.5 Å². The van der Waals surface area contributed by atoms with Crippen LogP contribution in [0.3, 0.4) is 0 Å². The van der Waals surface area contributed by atoms with Gasteiger partial charge in [0.2, 0.25) is 5.91 Å². The third-order valence-corrected chi connectivity index (χ3v) is 4.28. The Hall–Kier alpha value is -3.08. The minimum atomic E-state index is -0.0161. The van der Waals surface area contributed by atoms with Crippen molar-refractivity contribution in [3.8, 4) is 11.4 Å². The lowest BCUT2D eigenvalue weighted by molar-refractivity contribution is -0.121. The first kappa shape index (κ1) is 17.7. The van der Waals surface area contributed by atoms with Crippen LogP contribution in [0.15, 0.2) is 67.0 Å². The zero-order chi connectivity index (χ0) is 18.4. The average Bonchev–Trinajstić information content (AvgIpc) is 3.15. The predicted molar refractivity (Wildman–Crippen MR) is 101 cm³/mol. The van der Waals surface area contributed by atoms with Gasteiger partial charge in [-0.2, -0.15) is 5.10 Å². The molecular weight excluding hydrogens is 326 g/mol. The van der Waals surface area contributed by atoms with Crippen LogP contribution >= 0.6 is 0 Å². The highest BCUT2D eigenvalue weighted by Gasteiger charge is 2.14. The molecule has 0 unspecified atom stereocenters. The molecule has 2 aromatic carbocycles. The second kappa shape index (κ2) is 8.34. The monoisotopic (exact) mass is 349 g/mol. The number of methoxy groups -OCH3 is 1. The molecule has 0 aliphatic rings. The molecule has 1 amide bonds. The fourth-order valence-corrected chi connectivity index (χ4v) is 2.86. The minimum absolute atomic E-state index is 0.0136. The van der Waals surface area contributed by atoms with Crippen molar-refractivity contribution < 1.29 is 9.53 Å². The Balaban J connectivity index is 1.63. The quantitative estimate of drug-likeness (QED) is 0.708. The first-order valence-corrected chi connectivity index (χ1v) is 8.72. The van der Waals surface area contributed by atoms with Crippen LogP contribution < -0.4 is 10.1 Å². The van der Waals surface area contributed by atoms with Crippen molar-refractivity contribution in [2.75, 3.05) is 7.11 Å². The van der Waals surface area contributed by atoms with Gasteiger partial charge in [0.1, 0.15) is 5.75 Å². The molecular formula is C21H23N3O2. The lowest BCUT2D eigenvalue weighted by atomic mass is 10.0. The van der Waals surface area contributed by atoms with Gasteiger partial charge in [-0.1, -0.05) is 37.3 Å². The van der Waals surface area contributed by atoms with E-state index in [9.17, 15) is 4.79 Å². The van der Waals surface area contributed by atoms with Gasteiger partial charge < -0.3 is 10.1 Å². The second-order valence-electron chi connectivity index (χ2n) is 6.11. The molecule has 134 valence electrons. The van der Waals surface area contributed by atoms with Crippen LogP contribution in [0.4, 0.5) is 0 Å². The van der Waals surface area contributed by atoms with Gasteiger partial charge in [0, 0.05) is 6.20 Å². The molecule has 1 aromatic heterocycles. The SMILES string of the molecule is CC[C@H](NC(=O)Cc1cnn(-c2ccccc2)c1)c1ccc(OC)cc1. The molecule has 1 heterocycles. The highest BCUT2D eigenvalue weighted by molar-refractivity contribution is 5.78. The Morgan fingerprint density at radius 3 is 2.54 bits per heavy atom. The van der Waals surface area contributed by atoms with E-state index in [1.165, 1.54) is 0 Å². The zero-order valence-electron chi connectivity index (χ0n) is 15.1. The average molecular weight is 349 g/mol. The molecule has 0 bridgehead atoms. The summed E-state index contributed by atoms with van der Waals surface area (Å²) in [6.07, 6.45) is 4.75. The van der Waals surface area contributed by atoms with Crippen LogP contribution in [-0.4, -0.2) is 22.8 Å². The van der Waals surface area contributed by atoms with Gasteiger partial charge in [0.25, 0.3) is 0 Å². The third-order valence-electron chi connectivity index (χ3n) is 4.28. The molecule has 3 aromatic rings. The van der Waals surface area contributed by atoms with Crippen molar-refractivity contribution in [2.24, 2.45) is 0 Å². The molecule has 0 aliphatic carbocycles. The van der Waals surface area contributed by atoms with E-state index in [4.69, 9.17) is 4.74 Å². The van der Waals surface area contributed by atoms with Crippen molar-refractivity contribution in [2.45, 2.75) is 25.8 Å². The molecule has 0 spiro atoms. The standard InChI is InChI=1S/C21H23N3O2/c1-3-20(17-9-11-19(26-2)12-10-17)23-21(25)13-16-14-22-24(15-16)18-7-5-4-6-8-18/h4-12,14-15,20H,3,13H2,1-2H3,(H,23,25)/t20-/m0/s1. The Labute approximate surface area is 153 Å².